The first kappa shape index (κ1) is 18.9. The number of hydrogen-bond donors (Lipinski definition) is 1. The number of aliphatic hydroxyl groups excluding tert-OH is 1. The van der Waals surface area contributed by atoms with E-state index < -0.39 is 6.10 Å². The lowest BCUT2D eigenvalue weighted by molar-refractivity contribution is 0.0616. The molecule has 5 heteroatoms. The summed E-state index contributed by atoms with van der Waals surface area (Å²) in [7, 11) is 1.72. The lowest BCUT2D eigenvalue weighted by Gasteiger charge is -2.25. The Hall–Kier alpha value is -1.40. The monoisotopic (exact) mass is 349 g/mol. The molecular weight excluding hydrogens is 322 g/mol. The molecule has 0 aliphatic heterocycles. The summed E-state index contributed by atoms with van der Waals surface area (Å²) in [5.74, 6) is 0.834. The number of aryl methyl sites for hydroxylation is 1. The van der Waals surface area contributed by atoms with Crippen LogP contribution in [0.15, 0.2) is 41.1 Å². The number of methoxy groups -OCH3 is 1. The topological polar surface area (TPSA) is 41.9 Å². The van der Waals surface area contributed by atoms with Crippen molar-refractivity contribution < 1.29 is 14.6 Å². The Morgan fingerprint density at radius 1 is 1.25 bits per heavy atom. The summed E-state index contributed by atoms with van der Waals surface area (Å²) in [5.41, 5.74) is 2.37. The maximum Gasteiger partial charge on any atom is 0.122 e. The molecule has 0 spiro atoms. The molecule has 2 rings (SSSR count). The van der Waals surface area contributed by atoms with Crippen molar-refractivity contribution in [3.8, 4) is 5.75 Å². The lowest BCUT2D eigenvalue weighted by atomic mass is 10.2. The summed E-state index contributed by atoms with van der Waals surface area (Å²) >= 11 is 1.70. The van der Waals surface area contributed by atoms with E-state index >= 15 is 0 Å². The highest BCUT2D eigenvalue weighted by Gasteiger charge is 2.14. The second kappa shape index (κ2) is 10.5. The molecular formula is C19H27NO3S. The van der Waals surface area contributed by atoms with Gasteiger partial charge in [-0.05, 0) is 47.4 Å². The van der Waals surface area contributed by atoms with Gasteiger partial charge < -0.3 is 14.6 Å². The van der Waals surface area contributed by atoms with E-state index in [-0.39, 0.29) is 0 Å². The van der Waals surface area contributed by atoms with Gasteiger partial charge in [-0.3, -0.25) is 4.90 Å². The number of rotatable bonds is 11. The number of benzene rings is 1. The third kappa shape index (κ3) is 6.61. The summed E-state index contributed by atoms with van der Waals surface area (Å²) in [5, 5.41) is 14.6. The summed E-state index contributed by atoms with van der Waals surface area (Å²) in [4.78, 5) is 2.26. The van der Waals surface area contributed by atoms with Gasteiger partial charge in [0.05, 0.1) is 0 Å². The van der Waals surface area contributed by atoms with Crippen molar-refractivity contribution in [2.24, 2.45) is 0 Å². The van der Waals surface area contributed by atoms with E-state index in [4.69, 9.17) is 9.47 Å². The summed E-state index contributed by atoms with van der Waals surface area (Å²) in [6.45, 7) is 5.37. The predicted molar refractivity (Wildman–Crippen MR) is 98.8 cm³/mol. The smallest absolute Gasteiger partial charge is 0.122 e. The van der Waals surface area contributed by atoms with Crippen molar-refractivity contribution in [2.45, 2.75) is 26.0 Å². The molecule has 0 bridgehead atoms. The van der Waals surface area contributed by atoms with Crippen molar-refractivity contribution in [3.05, 3.63) is 52.2 Å². The van der Waals surface area contributed by atoms with E-state index in [1.54, 1.807) is 18.4 Å². The molecule has 1 heterocycles. The average molecular weight is 349 g/mol. The highest BCUT2D eigenvalue weighted by molar-refractivity contribution is 7.07. The van der Waals surface area contributed by atoms with Crippen LogP contribution in [0.4, 0.5) is 0 Å². The molecule has 0 radical (unpaired) electrons. The zero-order valence-corrected chi connectivity index (χ0v) is 15.3. The third-order valence-corrected chi connectivity index (χ3v) is 4.53. The fourth-order valence-electron chi connectivity index (χ4n) is 2.56. The van der Waals surface area contributed by atoms with Gasteiger partial charge in [0.2, 0.25) is 0 Å². The van der Waals surface area contributed by atoms with Gasteiger partial charge in [-0.2, -0.15) is 11.3 Å². The van der Waals surface area contributed by atoms with Gasteiger partial charge >= 0.3 is 0 Å². The highest BCUT2D eigenvalue weighted by Crippen LogP contribution is 2.16. The van der Waals surface area contributed by atoms with E-state index in [2.05, 4.69) is 21.7 Å². The second-order valence-corrected chi connectivity index (χ2v) is 6.72. The summed E-state index contributed by atoms with van der Waals surface area (Å²) in [6, 6.07) is 10.0. The summed E-state index contributed by atoms with van der Waals surface area (Å²) in [6.07, 6.45) is 0.428. The molecule has 0 saturated heterocycles. The molecule has 0 aliphatic rings. The molecule has 0 amide bonds. The zero-order chi connectivity index (χ0) is 17.2. The van der Waals surface area contributed by atoms with Crippen molar-refractivity contribution in [1.82, 2.24) is 4.90 Å². The zero-order valence-electron chi connectivity index (χ0n) is 14.5. The van der Waals surface area contributed by atoms with Gasteiger partial charge in [-0.15, -0.1) is 0 Å². The van der Waals surface area contributed by atoms with Gasteiger partial charge in [0.25, 0.3) is 0 Å². The standard InChI is InChI=1S/C19H27NO3S/c1-16-6-3-4-7-19(16)23-14-18(21)13-20(9-5-10-22-2)12-17-8-11-24-15-17/h3-4,6-8,11,15,18,21H,5,9-10,12-14H2,1-2H3. The fourth-order valence-corrected chi connectivity index (χ4v) is 3.22. The molecule has 1 N–H and O–H groups in total. The van der Waals surface area contributed by atoms with Crippen LogP contribution in [-0.2, 0) is 11.3 Å². The second-order valence-electron chi connectivity index (χ2n) is 5.94. The normalized spacial score (nSPS) is 12.5. The number of aliphatic hydroxyl groups is 1. The van der Waals surface area contributed by atoms with Crippen LogP contribution in [0.5, 0.6) is 5.75 Å². The highest BCUT2D eigenvalue weighted by atomic mass is 32.1. The first-order valence-electron chi connectivity index (χ1n) is 8.28. The van der Waals surface area contributed by atoms with E-state index in [0.29, 0.717) is 13.2 Å². The number of nitrogens with zero attached hydrogens (tertiary/aromatic N) is 1. The van der Waals surface area contributed by atoms with E-state index in [0.717, 1.165) is 37.4 Å². The average Bonchev–Trinajstić information content (AvgIpc) is 3.07. The molecule has 0 saturated carbocycles. The van der Waals surface area contributed by atoms with Crippen LogP contribution in [0, 0.1) is 6.92 Å². The molecule has 0 fully saturated rings. The Morgan fingerprint density at radius 3 is 2.79 bits per heavy atom. The molecule has 1 aromatic heterocycles. The molecule has 0 aliphatic carbocycles. The van der Waals surface area contributed by atoms with Crippen LogP contribution in [0.3, 0.4) is 0 Å². The van der Waals surface area contributed by atoms with Crippen molar-refractivity contribution in [2.75, 3.05) is 33.4 Å². The fraction of sp³-hybridized carbons (Fsp3) is 0.474. The van der Waals surface area contributed by atoms with Crippen molar-refractivity contribution in [1.29, 1.82) is 0 Å². The Morgan fingerprint density at radius 2 is 2.08 bits per heavy atom. The largest absolute Gasteiger partial charge is 0.491 e. The SMILES string of the molecule is COCCCN(Cc1ccsc1)CC(O)COc1ccccc1C. The van der Waals surface area contributed by atoms with Crippen LogP contribution >= 0.6 is 11.3 Å². The molecule has 1 unspecified atom stereocenters. The van der Waals surface area contributed by atoms with Crippen molar-refractivity contribution >= 4 is 11.3 Å². The minimum absolute atomic E-state index is 0.301. The summed E-state index contributed by atoms with van der Waals surface area (Å²) < 4.78 is 10.9. The van der Waals surface area contributed by atoms with Crippen molar-refractivity contribution in [3.63, 3.8) is 0 Å². The van der Waals surface area contributed by atoms with Crippen LogP contribution in [0.2, 0.25) is 0 Å². The molecule has 1 aromatic carbocycles. The van der Waals surface area contributed by atoms with Crippen LogP contribution < -0.4 is 4.74 Å². The van der Waals surface area contributed by atoms with Gasteiger partial charge in [-0.25, -0.2) is 0 Å². The van der Waals surface area contributed by atoms with E-state index in [1.807, 2.05) is 31.2 Å². The third-order valence-electron chi connectivity index (χ3n) is 3.80. The quantitative estimate of drug-likeness (QED) is 0.632. The van der Waals surface area contributed by atoms with E-state index in [1.165, 1.54) is 5.56 Å². The molecule has 1 atom stereocenters. The van der Waals surface area contributed by atoms with Crippen LogP contribution in [0.25, 0.3) is 0 Å². The molecule has 2 aromatic rings. The maximum atomic E-state index is 10.4. The number of para-hydroxylation sites is 1. The van der Waals surface area contributed by atoms with Crippen LogP contribution in [-0.4, -0.2) is 49.5 Å². The Balaban J connectivity index is 1.83. The Bertz CT molecular complexity index is 574. The number of thiophene rings is 1. The Kier molecular flexibility index (Phi) is 8.25. The molecule has 4 nitrogen and oxygen atoms in total. The van der Waals surface area contributed by atoms with Crippen LogP contribution in [0.1, 0.15) is 17.5 Å². The van der Waals surface area contributed by atoms with Gasteiger partial charge in [0, 0.05) is 33.4 Å². The first-order valence-corrected chi connectivity index (χ1v) is 9.22. The number of hydrogen-bond acceptors (Lipinski definition) is 5. The molecule has 24 heavy (non-hydrogen) atoms. The predicted octanol–water partition coefficient (Wildman–Crippen LogP) is 3.33. The van der Waals surface area contributed by atoms with Gasteiger partial charge in [0.1, 0.15) is 18.5 Å². The molecule has 132 valence electrons. The number of ether oxygens (including phenoxy) is 2. The lowest BCUT2D eigenvalue weighted by Crippen LogP contribution is -2.36. The first-order chi connectivity index (χ1) is 11.7. The maximum absolute atomic E-state index is 10.4. The minimum Gasteiger partial charge on any atom is -0.491 e. The minimum atomic E-state index is -0.522. The van der Waals surface area contributed by atoms with Gasteiger partial charge in [0.15, 0.2) is 0 Å². The van der Waals surface area contributed by atoms with Gasteiger partial charge in [-0.1, -0.05) is 18.2 Å². The van der Waals surface area contributed by atoms with E-state index in [9.17, 15) is 5.11 Å². The Labute approximate surface area is 148 Å².